The fourth-order valence-electron chi connectivity index (χ4n) is 4.51. The SMILES string of the molecule is C=C/C(=C\C=CCC1CCC(C)CC1)c1ccc(C(CCC)CCCC)cc1.CC. The van der Waals surface area contributed by atoms with Crippen LogP contribution in [0.4, 0.5) is 0 Å². The van der Waals surface area contributed by atoms with Gasteiger partial charge in [-0.05, 0) is 66.6 Å². The number of rotatable bonds is 11. The average molecular weight is 409 g/mol. The van der Waals surface area contributed by atoms with Gasteiger partial charge >= 0.3 is 0 Å². The summed E-state index contributed by atoms with van der Waals surface area (Å²) in [6, 6.07) is 9.26. The van der Waals surface area contributed by atoms with Crippen LogP contribution in [0.5, 0.6) is 0 Å². The van der Waals surface area contributed by atoms with Gasteiger partial charge in [0, 0.05) is 0 Å². The fourth-order valence-corrected chi connectivity index (χ4v) is 4.51. The standard InChI is InChI=1S/C28H42.C2H6/c1-5-8-13-26(11-6-2)28-21-19-27(20-22-28)25(7-3)14-10-9-12-24-17-15-23(4)16-18-24;1-2/h7,9-10,14,19-24,26H,3,5-6,8,11-13,15-18H2,1-2,4H3;1-2H3/b10-9?,25-14+;. The van der Waals surface area contributed by atoms with Crippen LogP contribution in [-0.4, -0.2) is 0 Å². The molecule has 1 atom stereocenters. The highest BCUT2D eigenvalue weighted by molar-refractivity contribution is 5.74. The molecule has 1 aliphatic carbocycles. The molecule has 1 aromatic carbocycles. The lowest BCUT2D eigenvalue weighted by Gasteiger charge is -2.24. The molecule has 0 aromatic heterocycles. The van der Waals surface area contributed by atoms with E-state index in [0.29, 0.717) is 5.92 Å². The van der Waals surface area contributed by atoms with Crippen LogP contribution in [0, 0.1) is 11.8 Å². The van der Waals surface area contributed by atoms with E-state index >= 15 is 0 Å². The molecule has 0 spiro atoms. The Morgan fingerprint density at radius 2 is 1.67 bits per heavy atom. The summed E-state index contributed by atoms with van der Waals surface area (Å²) in [5.74, 6) is 2.55. The van der Waals surface area contributed by atoms with Crippen LogP contribution in [0.3, 0.4) is 0 Å². The maximum Gasteiger partial charge on any atom is -0.0162 e. The molecule has 30 heavy (non-hydrogen) atoms. The first-order valence-corrected chi connectivity index (χ1v) is 12.8. The molecule has 1 saturated carbocycles. The van der Waals surface area contributed by atoms with Gasteiger partial charge in [0.15, 0.2) is 0 Å². The first-order valence-electron chi connectivity index (χ1n) is 12.8. The molecule has 1 aromatic rings. The number of allylic oxidation sites excluding steroid dienone is 5. The summed E-state index contributed by atoms with van der Waals surface area (Å²) in [7, 11) is 0. The zero-order valence-corrected chi connectivity index (χ0v) is 20.6. The van der Waals surface area contributed by atoms with Crippen LogP contribution < -0.4 is 0 Å². The minimum atomic E-state index is 0.716. The van der Waals surface area contributed by atoms with Crippen molar-refractivity contribution in [3.63, 3.8) is 0 Å². The van der Waals surface area contributed by atoms with Crippen molar-refractivity contribution in [2.45, 2.75) is 105 Å². The van der Waals surface area contributed by atoms with E-state index in [1.54, 1.807) is 0 Å². The molecule has 0 heterocycles. The molecule has 1 unspecified atom stereocenters. The molecule has 0 bridgehead atoms. The summed E-state index contributed by atoms with van der Waals surface area (Å²) in [5, 5.41) is 0. The van der Waals surface area contributed by atoms with Gasteiger partial charge in [-0.25, -0.2) is 0 Å². The second-order valence-electron chi connectivity index (χ2n) is 8.87. The zero-order chi connectivity index (χ0) is 22.2. The first-order chi connectivity index (χ1) is 14.7. The third-order valence-electron chi connectivity index (χ3n) is 6.50. The predicted molar refractivity (Wildman–Crippen MR) is 138 cm³/mol. The van der Waals surface area contributed by atoms with Gasteiger partial charge in [0.2, 0.25) is 0 Å². The molecule has 0 aliphatic heterocycles. The summed E-state index contributed by atoms with van der Waals surface area (Å²) >= 11 is 0. The average Bonchev–Trinajstić information content (AvgIpc) is 2.79. The molecule has 0 radical (unpaired) electrons. The molecule has 2 rings (SSSR count). The van der Waals surface area contributed by atoms with Crippen molar-refractivity contribution < 1.29 is 0 Å². The minimum absolute atomic E-state index is 0.716. The Morgan fingerprint density at radius 3 is 2.23 bits per heavy atom. The highest BCUT2D eigenvalue weighted by Crippen LogP contribution is 2.31. The largest absolute Gasteiger partial charge is 0.0984 e. The van der Waals surface area contributed by atoms with Crippen LogP contribution in [0.2, 0.25) is 0 Å². The normalized spacial score (nSPS) is 20.5. The van der Waals surface area contributed by atoms with Gasteiger partial charge in [0.1, 0.15) is 0 Å². The summed E-state index contributed by atoms with van der Waals surface area (Å²) in [4.78, 5) is 0. The van der Waals surface area contributed by atoms with E-state index in [2.05, 4.69) is 69.8 Å². The molecule has 0 N–H and O–H groups in total. The highest BCUT2D eigenvalue weighted by atomic mass is 14.2. The second kappa shape index (κ2) is 16.2. The third-order valence-corrected chi connectivity index (χ3v) is 6.50. The molecule has 1 aliphatic rings. The fraction of sp³-hybridized carbons (Fsp3) is 0.600. The van der Waals surface area contributed by atoms with Gasteiger partial charge in [-0.3, -0.25) is 0 Å². The Morgan fingerprint density at radius 1 is 1.00 bits per heavy atom. The van der Waals surface area contributed by atoms with Crippen molar-refractivity contribution in [1.82, 2.24) is 0 Å². The van der Waals surface area contributed by atoms with E-state index in [1.165, 1.54) is 80.9 Å². The molecular formula is C30H48. The molecule has 0 amide bonds. The Balaban J connectivity index is 0.00000218. The lowest BCUT2D eigenvalue weighted by molar-refractivity contribution is 0.292. The Kier molecular flexibility index (Phi) is 14.3. The molecule has 0 nitrogen and oxygen atoms in total. The zero-order valence-electron chi connectivity index (χ0n) is 20.6. The minimum Gasteiger partial charge on any atom is -0.0984 e. The van der Waals surface area contributed by atoms with Crippen molar-refractivity contribution in [3.8, 4) is 0 Å². The quantitative estimate of drug-likeness (QED) is 0.319. The van der Waals surface area contributed by atoms with Gasteiger partial charge in [0.05, 0.1) is 0 Å². The predicted octanol–water partition coefficient (Wildman–Crippen LogP) is 10.1. The lowest BCUT2D eigenvalue weighted by Crippen LogP contribution is -2.11. The van der Waals surface area contributed by atoms with Crippen molar-refractivity contribution in [1.29, 1.82) is 0 Å². The van der Waals surface area contributed by atoms with Crippen molar-refractivity contribution in [2.75, 3.05) is 0 Å². The third kappa shape index (κ3) is 9.50. The Hall–Kier alpha value is -1.56. The topological polar surface area (TPSA) is 0 Å². The van der Waals surface area contributed by atoms with Crippen LogP contribution in [0.25, 0.3) is 5.57 Å². The van der Waals surface area contributed by atoms with Gasteiger partial charge in [-0.15, -0.1) is 0 Å². The maximum absolute atomic E-state index is 4.04. The van der Waals surface area contributed by atoms with Crippen LogP contribution in [-0.2, 0) is 0 Å². The Bertz CT molecular complexity index is 608. The van der Waals surface area contributed by atoms with Crippen molar-refractivity contribution in [2.24, 2.45) is 11.8 Å². The monoisotopic (exact) mass is 408 g/mol. The van der Waals surface area contributed by atoms with Crippen molar-refractivity contribution >= 4 is 5.57 Å². The van der Waals surface area contributed by atoms with Crippen molar-refractivity contribution in [3.05, 3.63) is 66.3 Å². The van der Waals surface area contributed by atoms with Crippen LogP contribution in [0.1, 0.15) is 116 Å². The smallest absolute Gasteiger partial charge is 0.0162 e. The Labute approximate surface area is 188 Å². The molecule has 1 fully saturated rings. The van der Waals surface area contributed by atoms with E-state index in [9.17, 15) is 0 Å². The summed E-state index contributed by atoms with van der Waals surface area (Å²) in [5.41, 5.74) is 4.01. The number of benzene rings is 1. The molecule has 0 heteroatoms. The summed E-state index contributed by atoms with van der Waals surface area (Å²) < 4.78 is 0. The summed E-state index contributed by atoms with van der Waals surface area (Å²) in [6.45, 7) is 15.0. The molecular weight excluding hydrogens is 360 g/mol. The van der Waals surface area contributed by atoms with Crippen LogP contribution in [0.15, 0.2) is 55.1 Å². The van der Waals surface area contributed by atoms with Gasteiger partial charge < -0.3 is 0 Å². The maximum atomic E-state index is 4.04. The number of hydrogen-bond acceptors (Lipinski definition) is 0. The van der Waals surface area contributed by atoms with E-state index in [0.717, 1.165) is 11.8 Å². The van der Waals surface area contributed by atoms with Gasteiger partial charge in [-0.2, -0.15) is 0 Å². The van der Waals surface area contributed by atoms with E-state index in [1.807, 2.05) is 19.9 Å². The molecule has 0 saturated heterocycles. The first kappa shape index (κ1) is 26.5. The van der Waals surface area contributed by atoms with E-state index < -0.39 is 0 Å². The van der Waals surface area contributed by atoms with Crippen LogP contribution >= 0.6 is 0 Å². The number of hydrogen-bond donors (Lipinski definition) is 0. The molecule has 168 valence electrons. The summed E-state index contributed by atoms with van der Waals surface area (Å²) in [6.07, 6.45) is 22.2. The number of unbranched alkanes of at least 4 members (excludes halogenated alkanes) is 1. The highest BCUT2D eigenvalue weighted by Gasteiger charge is 2.16. The van der Waals surface area contributed by atoms with E-state index in [4.69, 9.17) is 0 Å². The van der Waals surface area contributed by atoms with Gasteiger partial charge in [-0.1, -0.05) is 122 Å². The lowest BCUT2D eigenvalue weighted by atomic mass is 9.81. The second-order valence-corrected chi connectivity index (χ2v) is 8.87. The van der Waals surface area contributed by atoms with Gasteiger partial charge in [0.25, 0.3) is 0 Å². The van der Waals surface area contributed by atoms with E-state index in [-0.39, 0.29) is 0 Å².